The Bertz CT molecular complexity index is 937. The van der Waals surface area contributed by atoms with Crippen LogP contribution in [0.5, 0.6) is 0 Å². The van der Waals surface area contributed by atoms with Gasteiger partial charge in [0.25, 0.3) is 0 Å². The summed E-state index contributed by atoms with van der Waals surface area (Å²) in [4.78, 5) is 15.1. The summed E-state index contributed by atoms with van der Waals surface area (Å²) in [6.07, 6.45) is 0. The molecular weight excluding hydrogens is 419 g/mol. The summed E-state index contributed by atoms with van der Waals surface area (Å²) in [6.45, 7) is 2.53. The minimum absolute atomic E-state index is 0.0615. The number of nitrogens with one attached hydrogen (secondary N) is 1. The van der Waals surface area contributed by atoms with Gasteiger partial charge in [-0.3, -0.25) is 9.69 Å². The molecule has 1 fully saturated rings. The Morgan fingerprint density at radius 3 is 2.25 bits per heavy atom. The lowest BCUT2D eigenvalue weighted by atomic mass is 10.0. The third-order valence-corrected chi connectivity index (χ3v) is 7.26. The van der Waals surface area contributed by atoms with Crippen LogP contribution in [-0.4, -0.2) is 43.8 Å². The molecule has 3 rings (SSSR count). The summed E-state index contributed by atoms with van der Waals surface area (Å²) in [7, 11) is -3.03. The van der Waals surface area contributed by atoms with Gasteiger partial charge in [-0.1, -0.05) is 59.6 Å². The van der Waals surface area contributed by atoms with Crippen molar-refractivity contribution in [3.8, 4) is 0 Å². The maximum absolute atomic E-state index is 13.2. The first-order valence-corrected chi connectivity index (χ1v) is 11.6. The number of benzene rings is 2. The van der Waals surface area contributed by atoms with Gasteiger partial charge in [-0.15, -0.1) is 0 Å². The van der Waals surface area contributed by atoms with Crippen molar-refractivity contribution in [1.82, 2.24) is 10.2 Å². The van der Waals surface area contributed by atoms with Crippen LogP contribution in [0, 0.1) is 0 Å². The van der Waals surface area contributed by atoms with Crippen LogP contribution < -0.4 is 5.32 Å². The minimum Gasteiger partial charge on any atom is -0.348 e. The molecule has 1 saturated heterocycles. The highest BCUT2D eigenvalue weighted by molar-refractivity contribution is 7.91. The smallest absolute Gasteiger partial charge is 0.242 e. The van der Waals surface area contributed by atoms with Crippen molar-refractivity contribution in [1.29, 1.82) is 0 Å². The van der Waals surface area contributed by atoms with Gasteiger partial charge in [0.2, 0.25) is 5.91 Å². The molecule has 2 atom stereocenters. The van der Waals surface area contributed by atoms with Crippen LogP contribution in [0.4, 0.5) is 0 Å². The van der Waals surface area contributed by atoms with E-state index in [1.54, 1.807) is 12.1 Å². The fraction of sp³-hybridized carbons (Fsp3) is 0.350. The average Bonchev–Trinajstić information content (AvgIpc) is 2.66. The summed E-state index contributed by atoms with van der Waals surface area (Å²) in [5, 5.41) is 3.92. The number of rotatable bonds is 5. The number of hydrogen-bond donors (Lipinski definition) is 1. The van der Waals surface area contributed by atoms with Gasteiger partial charge in [0.05, 0.1) is 27.6 Å². The predicted molar refractivity (Wildman–Crippen MR) is 112 cm³/mol. The summed E-state index contributed by atoms with van der Waals surface area (Å²) in [6, 6.07) is 13.8. The molecule has 150 valence electrons. The Kier molecular flexibility index (Phi) is 6.65. The molecule has 2 aromatic rings. The minimum atomic E-state index is -3.03. The fourth-order valence-electron chi connectivity index (χ4n) is 3.31. The molecule has 2 aromatic carbocycles. The second kappa shape index (κ2) is 8.82. The van der Waals surface area contributed by atoms with Crippen molar-refractivity contribution >= 4 is 38.9 Å². The quantitative estimate of drug-likeness (QED) is 0.770. The van der Waals surface area contributed by atoms with Crippen LogP contribution in [0.2, 0.25) is 10.0 Å². The zero-order valence-electron chi connectivity index (χ0n) is 15.4. The molecule has 5 nitrogen and oxygen atoms in total. The van der Waals surface area contributed by atoms with Crippen molar-refractivity contribution in [3.05, 3.63) is 69.7 Å². The van der Waals surface area contributed by atoms with E-state index >= 15 is 0 Å². The molecule has 2 unspecified atom stereocenters. The van der Waals surface area contributed by atoms with Crippen LogP contribution in [0.1, 0.15) is 30.1 Å². The molecule has 0 radical (unpaired) electrons. The van der Waals surface area contributed by atoms with E-state index in [1.165, 1.54) is 0 Å². The lowest BCUT2D eigenvalue weighted by Crippen LogP contribution is -2.47. The second-order valence-corrected chi connectivity index (χ2v) is 10.0. The molecule has 1 aliphatic rings. The molecule has 8 heteroatoms. The average molecular weight is 441 g/mol. The zero-order valence-corrected chi connectivity index (χ0v) is 17.8. The van der Waals surface area contributed by atoms with Crippen LogP contribution in [-0.2, 0) is 14.6 Å². The van der Waals surface area contributed by atoms with Crippen molar-refractivity contribution in [2.24, 2.45) is 0 Å². The number of sulfone groups is 1. The molecule has 0 spiro atoms. The predicted octanol–water partition coefficient (Wildman–Crippen LogP) is 3.64. The van der Waals surface area contributed by atoms with E-state index in [0.29, 0.717) is 23.1 Å². The number of hydrogen-bond acceptors (Lipinski definition) is 4. The molecule has 1 heterocycles. The fourth-order valence-corrected chi connectivity index (χ4v) is 4.84. The highest BCUT2D eigenvalue weighted by Crippen LogP contribution is 2.27. The highest BCUT2D eigenvalue weighted by atomic mass is 35.5. The first kappa shape index (κ1) is 21.1. The largest absolute Gasteiger partial charge is 0.348 e. The Morgan fingerprint density at radius 1 is 1.00 bits per heavy atom. The van der Waals surface area contributed by atoms with E-state index < -0.39 is 15.9 Å². The van der Waals surface area contributed by atoms with Crippen molar-refractivity contribution < 1.29 is 13.2 Å². The molecule has 1 N–H and O–H groups in total. The van der Waals surface area contributed by atoms with E-state index in [2.05, 4.69) is 5.32 Å². The number of carbonyl (C=O) groups excluding carboxylic acids is 1. The van der Waals surface area contributed by atoms with E-state index in [4.69, 9.17) is 23.2 Å². The number of amides is 1. The summed E-state index contributed by atoms with van der Waals surface area (Å²) in [5.74, 6) is -0.0539. The van der Waals surface area contributed by atoms with Crippen LogP contribution in [0.15, 0.2) is 48.5 Å². The van der Waals surface area contributed by atoms with Gasteiger partial charge in [-0.25, -0.2) is 8.42 Å². The SMILES string of the molecule is CC(NC(=O)C(c1ccccc1)N1CCS(=O)(=O)CC1)c1ccc(Cl)c(Cl)c1. The lowest BCUT2D eigenvalue weighted by molar-refractivity contribution is -0.127. The van der Waals surface area contributed by atoms with Crippen LogP contribution in [0.3, 0.4) is 0 Å². The third kappa shape index (κ3) is 5.06. The first-order chi connectivity index (χ1) is 13.3. The lowest BCUT2D eigenvalue weighted by Gasteiger charge is -2.34. The topological polar surface area (TPSA) is 66.5 Å². The molecule has 0 bridgehead atoms. The number of nitrogens with zero attached hydrogens (tertiary/aromatic N) is 1. The molecule has 0 aromatic heterocycles. The molecule has 0 aliphatic carbocycles. The number of halogens is 2. The molecule has 28 heavy (non-hydrogen) atoms. The molecule has 1 aliphatic heterocycles. The highest BCUT2D eigenvalue weighted by Gasteiger charge is 2.33. The molecule has 0 saturated carbocycles. The van der Waals surface area contributed by atoms with E-state index in [9.17, 15) is 13.2 Å². The van der Waals surface area contributed by atoms with E-state index in [-0.39, 0.29) is 23.5 Å². The maximum atomic E-state index is 13.2. The monoisotopic (exact) mass is 440 g/mol. The van der Waals surface area contributed by atoms with E-state index in [1.807, 2.05) is 48.2 Å². The van der Waals surface area contributed by atoms with Gasteiger partial charge in [0.15, 0.2) is 9.84 Å². The van der Waals surface area contributed by atoms with Crippen molar-refractivity contribution in [3.63, 3.8) is 0 Å². The van der Waals surface area contributed by atoms with Crippen LogP contribution >= 0.6 is 23.2 Å². The van der Waals surface area contributed by atoms with Gasteiger partial charge >= 0.3 is 0 Å². The summed E-state index contributed by atoms with van der Waals surface area (Å²) in [5.41, 5.74) is 1.68. The van der Waals surface area contributed by atoms with Gasteiger partial charge in [-0.2, -0.15) is 0 Å². The summed E-state index contributed by atoms with van der Waals surface area (Å²) >= 11 is 12.1. The Hall–Kier alpha value is -1.60. The van der Waals surface area contributed by atoms with Gasteiger partial charge in [0.1, 0.15) is 6.04 Å². The third-order valence-electron chi connectivity index (χ3n) is 4.91. The van der Waals surface area contributed by atoms with Gasteiger partial charge < -0.3 is 5.32 Å². The van der Waals surface area contributed by atoms with E-state index in [0.717, 1.165) is 11.1 Å². The van der Waals surface area contributed by atoms with Crippen LogP contribution in [0.25, 0.3) is 0 Å². The normalized spacial score (nSPS) is 19.0. The first-order valence-electron chi connectivity index (χ1n) is 9.01. The van der Waals surface area contributed by atoms with Gasteiger partial charge in [0, 0.05) is 13.1 Å². The Labute approximate surface area is 175 Å². The maximum Gasteiger partial charge on any atom is 0.242 e. The summed E-state index contributed by atoms with van der Waals surface area (Å²) < 4.78 is 23.6. The Morgan fingerprint density at radius 2 is 1.64 bits per heavy atom. The zero-order chi connectivity index (χ0) is 20.3. The number of carbonyl (C=O) groups is 1. The van der Waals surface area contributed by atoms with Gasteiger partial charge in [-0.05, 0) is 30.2 Å². The van der Waals surface area contributed by atoms with Crippen molar-refractivity contribution in [2.75, 3.05) is 24.6 Å². The second-order valence-electron chi connectivity index (χ2n) is 6.90. The molecular formula is C20H22Cl2N2O3S. The molecule has 1 amide bonds. The van der Waals surface area contributed by atoms with Crippen molar-refractivity contribution in [2.45, 2.75) is 19.0 Å². The standard InChI is InChI=1S/C20H22Cl2N2O3S/c1-14(16-7-8-17(21)18(22)13-16)23-20(25)19(15-5-3-2-4-6-15)24-9-11-28(26,27)12-10-24/h2-8,13-14,19H,9-12H2,1H3,(H,23,25). The Balaban J connectivity index is 1.81.